The monoisotopic (exact) mass is 440 g/mol. The summed E-state index contributed by atoms with van der Waals surface area (Å²) in [7, 11) is 0. The molecule has 1 saturated carbocycles. The average Bonchev–Trinajstić information content (AvgIpc) is 3.33. The van der Waals surface area contributed by atoms with Gasteiger partial charge >= 0.3 is 0 Å². The van der Waals surface area contributed by atoms with Crippen molar-refractivity contribution in [3.8, 4) is 0 Å². The Bertz CT molecular complexity index is 1030. The summed E-state index contributed by atoms with van der Waals surface area (Å²) < 4.78 is 18.7. The third-order valence-corrected chi connectivity index (χ3v) is 6.26. The highest BCUT2D eigenvalue weighted by molar-refractivity contribution is 7.11. The Balaban J connectivity index is 1.51. The van der Waals surface area contributed by atoms with Crippen LogP contribution < -0.4 is 0 Å². The lowest BCUT2D eigenvalue weighted by Crippen LogP contribution is -2.42. The van der Waals surface area contributed by atoms with Crippen molar-refractivity contribution in [1.29, 1.82) is 0 Å². The van der Waals surface area contributed by atoms with Gasteiger partial charge in [0.1, 0.15) is 18.1 Å². The molecule has 1 fully saturated rings. The first-order valence-electron chi connectivity index (χ1n) is 10.4. The van der Waals surface area contributed by atoms with Crippen LogP contribution in [0, 0.1) is 18.7 Å². The second kappa shape index (κ2) is 9.47. The third kappa shape index (κ3) is 5.82. The van der Waals surface area contributed by atoms with Gasteiger partial charge in [-0.3, -0.25) is 9.59 Å². The number of nitrogens with zero attached hydrogens (tertiary/aromatic N) is 2. The van der Waals surface area contributed by atoms with E-state index in [2.05, 4.69) is 0 Å². The smallest absolute Gasteiger partial charge is 0.242 e. The van der Waals surface area contributed by atoms with E-state index < -0.39 is 0 Å². The third-order valence-electron chi connectivity index (χ3n) is 5.27. The highest BCUT2D eigenvalue weighted by Crippen LogP contribution is 2.31. The molecule has 2 heterocycles. The minimum absolute atomic E-state index is 0.00143. The number of furan rings is 1. The van der Waals surface area contributed by atoms with Gasteiger partial charge in [0.05, 0.1) is 19.4 Å². The number of thiophene rings is 1. The molecular formula is C24H25FN2O3S. The topological polar surface area (TPSA) is 53.8 Å². The summed E-state index contributed by atoms with van der Waals surface area (Å²) in [5.74, 6) is 0.207. The van der Waals surface area contributed by atoms with Crippen LogP contribution in [0.3, 0.4) is 0 Å². The van der Waals surface area contributed by atoms with Crippen LogP contribution in [0.4, 0.5) is 4.39 Å². The summed E-state index contributed by atoms with van der Waals surface area (Å²) in [5, 5.41) is 0. The van der Waals surface area contributed by atoms with Gasteiger partial charge in [-0.15, -0.1) is 11.3 Å². The number of amides is 2. The van der Waals surface area contributed by atoms with Gasteiger partial charge in [0.2, 0.25) is 11.8 Å². The molecule has 162 valence electrons. The van der Waals surface area contributed by atoms with E-state index in [0.29, 0.717) is 18.8 Å². The summed E-state index contributed by atoms with van der Waals surface area (Å²) >= 11 is 1.64. The number of halogens is 1. The average molecular weight is 441 g/mol. The number of rotatable bonds is 9. The summed E-state index contributed by atoms with van der Waals surface area (Å²) in [6.07, 6.45) is 3.31. The fourth-order valence-corrected chi connectivity index (χ4v) is 4.36. The van der Waals surface area contributed by atoms with Gasteiger partial charge in [0.15, 0.2) is 0 Å². The minimum atomic E-state index is -0.310. The molecule has 5 nitrogen and oxygen atoms in total. The summed E-state index contributed by atoms with van der Waals surface area (Å²) in [6.45, 7) is 3.08. The zero-order valence-electron chi connectivity index (χ0n) is 17.4. The lowest BCUT2D eigenvalue weighted by Gasteiger charge is -2.27. The summed E-state index contributed by atoms with van der Waals surface area (Å²) in [5.41, 5.74) is 0.842. The quantitative estimate of drug-likeness (QED) is 0.482. The van der Waals surface area contributed by atoms with Gasteiger partial charge in [0.25, 0.3) is 0 Å². The molecule has 0 bridgehead atoms. The van der Waals surface area contributed by atoms with Crippen molar-refractivity contribution in [3.63, 3.8) is 0 Å². The van der Waals surface area contributed by atoms with Crippen molar-refractivity contribution in [2.75, 3.05) is 6.54 Å². The Labute approximate surface area is 185 Å². The van der Waals surface area contributed by atoms with E-state index in [4.69, 9.17) is 4.42 Å². The number of carbonyl (C=O) groups is 2. The van der Waals surface area contributed by atoms with Crippen molar-refractivity contribution in [1.82, 2.24) is 9.80 Å². The van der Waals surface area contributed by atoms with Crippen molar-refractivity contribution in [3.05, 3.63) is 81.7 Å². The zero-order valence-corrected chi connectivity index (χ0v) is 18.2. The highest BCUT2D eigenvalue weighted by Gasteiger charge is 2.35. The zero-order chi connectivity index (χ0) is 21.8. The van der Waals surface area contributed by atoms with Gasteiger partial charge < -0.3 is 14.2 Å². The molecule has 4 rings (SSSR count). The second-order valence-electron chi connectivity index (χ2n) is 7.94. The molecule has 7 heteroatoms. The molecule has 0 aliphatic heterocycles. The van der Waals surface area contributed by atoms with E-state index in [1.165, 1.54) is 17.0 Å². The van der Waals surface area contributed by atoms with Crippen molar-refractivity contribution in [2.45, 2.75) is 39.4 Å². The van der Waals surface area contributed by atoms with Crippen LogP contribution in [0.1, 0.15) is 33.9 Å². The molecule has 1 aliphatic carbocycles. The van der Waals surface area contributed by atoms with E-state index in [9.17, 15) is 14.0 Å². The first-order valence-corrected chi connectivity index (χ1v) is 11.2. The Hall–Kier alpha value is -2.93. The van der Waals surface area contributed by atoms with Crippen LogP contribution >= 0.6 is 11.3 Å². The molecule has 2 amide bonds. The van der Waals surface area contributed by atoms with Crippen LogP contribution in [-0.2, 0) is 29.2 Å². The van der Waals surface area contributed by atoms with Crippen molar-refractivity contribution in [2.24, 2.45) is 5.92 Å². The molecule has 1 aromatic carbocycles. The molecule has 3 aromatic rings. The van der Waals surface area contributed by atoms with Gasteiger partial charge in [-0.25, -0.2) is 4.39 Å². The molecule has 31 heavy (non-hydrogen) atoms. The fraction of sp³-hybridized carbons (Fsp3) is 0.333. The maximum Gasteiger partial charge on any atom is 0.242 e. The van der Waals surface area contributed by atoms with Crippen LogP contribution in [0.5, 0.6) is 0 Å². The van der Waals surface area contributed by atoms with Crippen LogP contribution in [0.2, 0.25) is 0 Å². The Kier molecular flexibility index (Phi) is 6.51. The molecule has 0 spiro atoms. The summed E-state index contributed by atoms with van der Waals surface area (Å²) in [4.78, 5) is 31.7. The predicted octanol–water partition coefficient (Wildman–Crippen LogP) is 4.76. The standard InChI is InChI=1S/C24H25FN2O3S/c1-17-4-11-22(31-17)15-26(13-18-5-9-20(25)10-6-18)23(28)16-27(24(29)19-7-8-19)14-21-3-2-12-30-21/h2-6,9-12,19H,7-8,13-16H2,1H3. The molecular weight excluding hydrogens is 415 g/mol. The SMILES string of the molecule is Cc1ccc(CN(Cc2ccc(F)cc2)C(=O)CN(Cc2ccco2)C(=O)C2CC2)s1. The van der Waals surface area contributed by atoms with E-state index in [0.717, 1.165) is 23.3 Å². The Morgan fingerprint density at radius 1 is 1.03 bits per heavy atom. The molecule has 0 N–H and O–H groups in total. The molecule has 0 radical (unpaired) electrons. The first-order chi connectivity index (χ1) is 15.0. The van der Waals surface area contributed by atoms with Gasteiger partial charge in [-0.05, 0) is 61.7 Å². The fourth-order valence-electron chi connectivity index (χ4n) is 3.45. The second-order valence-corrected chi connectivity index (χ2v) is 9.31. The van der Waals surface area contributed by atoms with Gasteiger partial charge in [-0.1, -0.05) is 12.1 Å². The van der Waals surface area contributed by atoms with Crippen LogP contribution in [0.15, 0.2) is 59.2 Å². The normalized spacial score (nSPS) is 13.2. The number of benzene rings is 1. The molecule has 0 atom stereocenters. The van der Waals surface area contributed by atoms with Crippen molar-refractivity contribution >= 4 is 23.2 Å². The highest BCUT2D eigenvalue weighted by atomic mass is 32.1. The maximum atomic E-state index is 13.3. The number of aryl methyl sites for hydroxylation is 1. The van der Waals surface area contributed by atoms with E-state index in [-0.39, 0.29) is 36.6 Å². The lowest BCUT2D eigenvalue weighted by molar-refractivity contribution is -0.142. The van der Waals surface area contributed by atoms with Crippen LogP contribution in [0.25, 0.3) is 0 Å². The largest absolute Gasteiger partial charge is 0.467 e. The number of carbonyl (C=O) groups excluding carboxylic acids is 2. The number of hydrogen-bond acceptors (Lipinski definition) is 4. The Morgan fingerprint density at radius 3 is 2.42 bits per heavy atom. The van der Waals surface area contributed by atoms with Crippen LogP contribution in [-0.4, -0.2) is 28.2 Å². The maximum absolute atomic E-state index is 13.3. The van der Waals surface area contributed by atoms with E-state index in [1.54, 1.807) is 45.6 Å². The Morgan fingerprint density at radius 2 is 1.81 bits per heavy atom. The molecule has 0 saturated heterocycles. The molecule has 0 unspecified atom stereocenters. The molecule has 1 aliphatic rings. The number of hydrogen-bond donors (Lipinski definition) is 0. The molecule has 2 aromatic heterocycles. The first kappa shape index (κ1) is 21.3. The minimum Gasteiger partial charge on any atom is -0.467 e. The van der Waals surface area contributed by atoms with Gasteiger partial charge in [0, 0.05) is 22.2 Å². The van der Waals surface area contributed by atoms with E-state index in [1.807, 2.05) is 25.1 Å². The van der Waals surface area contributed by atoms with Gasteiger partial charge in [-0.2, -0.15) is 0 Å². The predicted molar refractivity (Wildman–Crippen MR) is 117 cm³/mol. The lowest BCUT2D eigenvalue weighted by atomic mass is 10.2. The van der Waals surface area contributed by atoms with E-state index >= 15 is 0 Å². The summed E-state index contributed by atoms with van der Waals surface area (Å²) in [6, 6.07) is 13.8. The van der Waals surface area contributed by atoms with Crippen molar-refractivity contribution < 1.29 is 18.4 Å².